The van der Waals surface area contributed by atoms with Gasteiger partial charge in [-0.15, -0.1) is 0 Å². The SMILES string of the molecule is CCCCCC[N+](CC)(CC)c1cccc2ccccc12.[Cl-]. The standard InChI is InChI=1S/C20H30N.ClH/c1-4-7-8-11-17-21(5-2,6-3)20-16-12-14-18-13-9-10-15-19(18)20;/h9-10,12-16H,4-8,11,17H2,1-3H3;1H/q+1;/p-1. The molecule has 0 unspecified atom stereocenters. The molecule has 0 atom stereocenters. The number of unbranched alkanes of at least 4 members (excludes halogenated alkanes) is 3. The molecule has 0 aliphatic carbocycles. The Labute approximate surface area is 142 Å². The van der Waals surface area contributed by atoms with Crippen LogP contribution in [0.2, 0.25) is 0 Å². The smallest absolute Gasteiger partial charge is 0.140 e. The quantitative estimate of drug-likeness (QED) is 0.518. The van der Waals surface area contributed by atoms with E-state index in [4.69, 9.17) is 0 Å². The maximum Gasteiger partial charge on any atom is 0.140 e. The Kier molecular flexibility index (Phi) is 7.92. The van der Waals surface area contributed by atoms with Gasteiger partial charge >= 0.3 is 0 Å². The molecule has 2 heteroatoms. The van der Waals surface area contributed by atoms with E-state index >= 15 is 0 Å². The third-order valence-electron chi connectivity index (χ3n) is 4.93. The monoisotopic (exact) mass is 319 g/mol. The fraction of sp³-hybridized carbons (Fsp3) is 0.500. The van der Waals surface area contributed by atoms with Crippen molar-refractivity contribution in [2.45, 2.75) is 46.5 Å². The summed E-state index contributed by atoms with van der Waals surface area (Å²) in [5, 5.41) is 2.80. The molecule has 0 aromatic heterocycles. The highest BCUT2D eigenvalue weighted by atomic mass is 35.5. The predicted molar refractivity (Wildman–Crippen MR) is 95.8 cm³/mol. The molecule has 2 aromatic rings. The fourth-order valence-corrected chi connectivity index (χ4v) is 3.46. The van der Waals surface area contributed by atoms with Gasteiger partial charge in [0.1, 0.15) is 5.69 Å². The Morgan fingerprint density at radius 2 is 1.45 bits per heavy atom. The van der Waals surface area contributed by atoms with Gasteiger partial charge in [0.05, 0.1) is 19.6 Å². The van der Waals surface area contributed by atoms with Crippen molar-refractivity contribution in [1.29, 1.82) is 0 Å². The van der Waals surface area contributed by atoms with Crippen molar-refractivity contribution in [2.75, 3.05) is 19.6 Å². The van der Waals surface area contributed by atoms with Gasteiger partial charge in [-0.05, 0) is 44.2 Å². The summed E-state index contributed by atoms with van der Waals surface area (Å²) in [6.45, 7) is 10.6. The second-order valence-corrected chi connectivity index (χ2v) is 6.06. The summed E-state index contributed by atoms with van der Waals surface area (Å²) in [6.07, 6.45) is 5.37. The number of hydrogen-bond donors (Lipinski definition) is 0. The Morgan fingerprint density at radius 1 is 0.773 bits per heavy atom. The predicted octanol–water partition coefficient (Wildman–Crippen LogP) is 2.77. The molecule has 0 heterocycles. The molecule has 0 radical (unpaired) electrons. The molecule has 0 spiro atoms. The minimum atomic E-state index is 0. The maximum atomic E-state index is 2.34. The number of fused-ring (bicyclic) bond motifs is 1. The molecule has 0 saturated carbocycles. The molecule has 2 aromatic carbocycles. The van der Waals surface area contributed by atoms with Crippen LogP contribution in [0.3, 0.4) is 0 Å². The molecule has 0 bridgehead atoms. The van der Waals surface area contributed by atoms with Crippen molar-refractivity contribution in [1.82, 2.24) is 4.48 Å². The highest BCUT2D eigenvalue weighted by Crippen LogP contribution is 2.32. The van der Waals surface area contributed by atoms with Gasteiger partial charge in [0.2, 0.25) is 0 Å². The van der Waals surface area contributed by atoms with Crippen molar-refractivity contribution >= 4 is 16.5 Å². The summed E-state index contributed by atoms with van der Waals surface area (Å²) < 4.78 is 1.12. The van der Waals surface area contributed by atoms with Crippen molar-refractivity contribution in [3.8, 4) is 0 Å². The molecule has 22 heavy (non-hydrogen) atoms. The second kappa shape index (κ2) is 9.17. The summed E-state index contributed by atoms with van der Waals surface area (Å²) in [6, 6.07) is 15.6. The van der Waals surface area contributed by atoms with E-state index in [1.54, 1.807) is 0 Å². The van der Waals surface area contributed by atoms with E-state index in [0.717, 1.165) is 4.48 Å². The summed E-state index contributed by atoms with van der Waals surface area (Å²) in [5.41, 5.74) is 1.51. The average molecular weight is 320 g/mol. The average Bonchev–Trinajstić information content (AvgIpc) is 2.55. The van der Waals surface area contributed by atoms with Crippen LogP contribution in [0, 0.1) is 0 Å². The summed E-state index contributed by atoms with van der Waals surface area (Å²) in [5.74, 6) is 0. The Bertz CT molecular complexity index is 555. The zero-order chi connectivity index (χ0) is 15.1. The fourth-order valence-electron chi connectivity index (χ4n) is 3.46. The van der Waals surface area contributed by atoms with E-state index in [1.165, 1.54) is 61.8 Å². The normalized spacial score (nSPS) is 11.4. The number of hydrogen-bond acceptors (Lipinski definition) is 0. The molecule has 0 fully saturated rings. The van der Waals surface area contributed by atoms with Gasteiger partial charge < -0.3 is 12.4 Å². The number of benzene rings is 2. The lowest BCUT2D eigenvalue weighted by Crippen LogP contribution is -3.00. The topological polar surface area (TPSA) is 0 Å². The molecule has 1 nitrogen and oxygen atoms in total. The van der Waals surface area contributed by atoms with Crippen molar-refractivity contribution in [3.05, 3.63) is 42.5 Å². The molecule has 0 amide bonds. The van der Waals surface area contributed by atoms with E-state index in [0.29, 0.717) is 0 Å². The third-order valence-corrected chi connectivity index (χ3v) is 4.93. The molecule has 2 rings (SSSR count). The first kappa shape index (κ1) is 19.0. The van der Waals surface area contributed by atoms with E-state index in [1.807, 2.05) is 0 Å². The van der Waals surface area contributed by atoms with E-state index in [9.17, 15) is 0 Å². The number of halogens is 1. The molecule has 0 aliphatic rings. The molecular formula is C20H30ClN. The largest absolute Gasteiger partial charge is 1.00 e. The van der Waals surface area contributed by atoms with Crippen LogP contribution in [0.25, 0.3) is 10.8 Å². The van der Waals surface area contributed by atoms with Crippen LogP contribution in [-0.4, -0.2) is 19.6 Å². The first-order valence-electron chi connectivity index (χ1n) is 8.61. The van der Waals surface area contributed by atoms with Crippen LogP contribution in [0.4, 0.5) is 5.69 Å². The summed E-state index contributed by atoms with van der Waals surface area (Å²) >= 11 is 0. The molecule has 0 aliphatic heterocycles. The van der Waals surface area contributed by atoms with Crippen LogP contribution >= 0.6 is 0 Å². The van der Waals surface area contributed by atoms with Crippen LogP contribution in [-0.2, 0) is 0 Å². The lowest BCUT2D eigenvalue weighted by atomic mass is 10.0. The van der Waals surface area contributed by atoms with Crippen molar-refractivity contribution in [2.24, 2.45) is 0 Å². The van der Waals surface area contributed by atoms with Gasteiger partial charge in [0.15, 0.2) is 0 Å². The number of rotatable bonds is 8. The number of nitrogens with zero attached hydrogens (tertiary/aromatic N) is 1. The van der Waals surface area contributed by atoms with E-state index in [-0.39, 0.29) is 12.4 Å². The minimum absolute atomic E-state index is 0. The third kappa shape index (κ3) is 4.02. The highest BCUT2D eigenvalue weighted by Gasteiger charge is 2.27. The van der Waals surface area contributed by atoms with Crippen molar-refractivity contribution < 1.29 is 12.4 Å². The minimum Gasteiger partial charge on any atom is -1.00 e. The lowest BCUT2D eigenvalue weighted by molar-refractivity contribution is -0.00000443. The van der Waals surface area contributed by atoms with Crippen LogP contribution < -0.4 is 16.9 Å². The Hall–Kier alpha value is -1.05. The molecular weight excluding hydrogens is 290 g/mol. The van der Waals surface area contributed by atoms with E-state index in [2.05, 4.69) is 63.2 Å². The zero-order valence-corrected chi connectivity index (χ0v) is 15.1. The number of quaternary nitrogens is 1. The Balaban J connectivity index is 0.00000242. The summed E-state index contributed by atoms with van der Waals surface area (Å²) in [7, 11) is 0. The maximum absolute atomic E-state index is 2.34. The van der Waals surface area contributed by atoms with Gasteiger partial charge in [0.25, 0.3) is 0 Å². The van der Waals surface area contributed by atoms with Gasteiger partial charge in [-0.25, -0.2) is 0 Å². The summed E-state index contributed by atoms with van der Waals surface area (Å²) in [4.78, 5) is 0. The molecule has 122 valence electrons. The first-order valence-corrected chi connectivity index (χ1v) is 8.61. The Morgan fingerprint density at radius 3 is 2.14 bits per heavy atom. The highest BCUT2D eigenvalue weighted by molar-refractivity contribution is 5.93. The van der Waals surface area contributed by atoms with Crippen LogP contribution in [0.15, 0.2) is 42.5 Å². The molecule has 0 saturated heterocycles. The van der Waals surface area contributed by atoms with Gasteiger partial charge in [0, 0.05) is 5.39 Å². The van der Waals surface area contributed by atoms with Crippen LogP contribution in [0.1, 0.15) is 46.5 Å². The van der Waals surface area contributed by atoms with Gasteiger partial charge in [-0.3, -0.25) is 4.48 Å². The molecule has 0 N–H and O–H groups in total. The van der Waals surface area contributed by atoms with E-state index < -0.39 is 0 Å². The van der Waals surface area contributed by atoms with Crippen LogP contribution in [0.5, 0.6) is 0 Å². The van der Waals surface area contributed by atoms with Crippen molar-refractivity contribution in [3.63, 3.8) is 0 Å². The zero-order valence-electron chi connectivity index (χ0n) is 14.3. The first-order chi connectivity index (χ1) is 10.3. The van der Waals surface area contributed by atoms with Gasteiger partial charge in [-0.1, -0.05) is 50.1 Å². The second-order valence-electron chi connectivity index (χ2n) is 6.06. The van der Waals surface area contributed by atoms with Gasteiger partial charge in [-0.2, -0.15) is 0 Å². The lowest BCUT2D eigenvalue weighted by Gasteiger charge is -2.37.